The van der Waals surface area contributed by atoms with Crippen molar-refractivity contribution in [1.82, 2.24) is 0 Å². The van der Waals surface area contributed by atoms with Crippen molar-refractivity contribution in [2.75, 3.05) is 0 Å². The quantitative estimate of drug-likeness (QED) is 0.129. The molecule has 0 radical (unpaired) electrons. The molecule has 0 saturated carbocycles. The standard InChI is InChI=1S/C31H19F9/c32-29(33,34)24-13-7-21(8-14-24)27(19-6-20-4-2-1-3-5-20)28(22-9-15-25(16-10-22)30(35,36)37)23-11-17-26(18-12-23)31(38,39)40/h1-19H/b19-6+. The van der Waals surface area contributed by atoms with Gasteiger partial charge in [0, 0.05) is 0 Å². The minimum atomic E-state index is -4.62. The van der Waals surface area contributed by atoms with Gasteiger partial charge in [0.1, 0.15) is 0 Å². The molecular formula is C31H19F9. The Bertz CT molecular complexity index is 1430. The van der Waals surface area contributed by atoms with E-state index in [2.05, 4.69) is 0 Å². The van der Waals surface area contributed by atoms with Gasteiger partial charge in [0.05, 0.1) is 16.7 Å². The van der Waals surface area contributed by atoms with E-state index in [0.717, 1.165) is 36.4 Å². The third-order valence-corrected chi connectivity index (χ3v) is 6.04. The highest BCUT2D eigenvalue weighted by molar-refractivity contribution is 6.03. The van der Waals surface area contributed by atoms with E-state index in [1.807, 2.05) is 0 Å². The van der Waals surface area contributed by atoms with E-state index in [1.165, 1.54) is 36.4 Å². The van der Waals surface area contributed by atoms with E-state index in [1.54, 1.807) is 42.5 Å². The Morgan fingerprint density at radius 2 is 0.775 bits per heavy atom. The summed E-state index contributed by atoms with van der Waals surface area (Å²) in [6.45, 7) is 0. The molecular weight excluding hydrogens is 543 g/mol. The van der Waals surface area contributed by atoms with Crippen LogP contribution in [0.2, 0.25) is 0 Å². The Labute approximate surface area is 223 Å². The molecule has 0 fully saturated rings. The average Bonchev–Trinajstić information content (AvgIpc) is 2.90. The molecule has 0 nitrogen and oxygen atoms in total. The first kappa shape index (κ1) is 28.7. The number of rotatable bonds is 5. The third kappa shape index (κ3) is 6.83. The summed E-state index contributed by atoms with van der Waals surface area (Å²) in [5.74, 6) is 0. The lowest BCUT2D eigenvalue weighted by Crippen LogP contribution is -2.06. The fourth-order valence-electron chi connectivity index (χ4n) is 4.04. The summed E-state index contributed by atoms with van der Waals surface area (Å²) in [6.07, 6.45) is -10.6. The zero-order chi connectivity index (χ0) is 29.1. The highest BCUT2D eigenvalue weighted by Gasteiger charge is 2.32. The Kier molecular flexibility index (Phi) is 7.95. The molecule has 0 N–H and O–H groups in total. The SMILES string of the molecule is FC(F)(F)c1ccc(C(/C=C/c2ccccc2)=C(c2ccc(C(F)(F)F)cc2)c2ccc(C(F)(F)F)cc2)cc1. The Balaban J connectivity index is 1.99. The van der Waals surface area contributed by atoms with Gasteiger partial charge in [-0.1, -0.05) is 78.9 Å². The Morgan fingerprint density at radius 3 is 1.12 bits per heavy atom. The zero-order valence-corrected chi connectivity index (χ0v) is 20.4. The van der Waals surface area contributed by atoms with Crippen molar-refractivity contribution in [3.8, 4) is 0 Å². The van der Waals surface area contributed by atoms with Crippen LogP contribution in [0.25, 0.3) is 17.2 Å². The fourth-order valence-corrected chi connectivity index (χ4v) is 4.04. The molecule has 0 bridgehead atoms. The molecule has 40 heavy (non-hydrogen) atoms. The predicted molar refractivity (Wildman–Crippen MR) is 136 cm³/mol. The molecule has 4 aromatic rings. The molecule has 0 atom stereocenters. The molecule has 0 unspecified atom stereocenters. The van der Waals surface area contributed by atoms with Crippen LogP contribution in [-0.4, -0.2) is 0 Å². The van der Waals surface area contributed by atoms with Crippen LogP contribution >= 0.6 is 0 Å². The van der Waals surface area contributed by atoms with Crippen LogP contribution in [0.15, 0.2) is 109 Å². The van der Waals surface area contributed by atoms with Crippen LogP contribution in [0.3, 0.4) is 0 Å². The van der Waals surface area contributed by atoms with Crippen LogP contribution in [0, 0.1) is 0 Å². The van der Waals surface area contributed by atoms with Gasteiger partial charge in [0.25, 0.3) is 0 Å². The second kappa shape index (κ2) is 11.1. The summed E-state index contributed by atoms with van der Waals surface area (Å²) in [5.41, 5.74) is -0.820. The van der Waals surface area contributed by atoms with Crippen molar-refractivity contribution in [3.63, 3.8) is 0 Å². The molecule has 0 aliphatic rings. The van der Waals surface area contributed by atoms with Crippen molar-refractivity contribution in [1.29, 1.82) is 0 Å². The highest BCUT2D eigenvalue weighted by Crippen LogP contribution is 2.38. The molecule has 206 valence electrons. The summed E-state index contributed by atoms with van der Waals surface area (Å²) in [5, 5.41) is 0. The minimum absolute atomic E-state index is 0.223. The lowest BCUT2D eigenvalue weighted by molar-refractivity contribution is -0.138. The maximum Gasteiger partial charge on any atom is 0.416 e. The van der Waals surface area contributed by atoms with Gasteiger partial charge in [-0.15, -0.1) is 0 Å². The molecule has 4 rings (SSSR count). The second-order valence-corrected chi connectivity index (χ2v) is 8.76. The third-order valence-electron chi connectivity index (χ3n) is 6.04. The van der Waals surface area contributed by atoms with Gasteiger partial charge in [-0.3, -0.25) is 0 Å². The number of hydrogen-bond acceptors (Lipinski definition) is 0. The maximum absolute atomic E-state index is 13.2. The number of alkyl halides is 9. The molecule has 0 aliphatic heterocycles. The minimum Gasteiger partial charge on any atom is -0.166 e. The van der Waals surface area contributed by atoms with E-state index in [-0.39, 0.29) is 27.8 Å². The van der Waals surface area contributed by atoms with Crippen molar-refractivity contribution >= 4 is 17.2 Å². The van der Waals surface area contributed by atoms with E-state index in [0.29, 0.717) is 5.56 Å². The number of halogens is 9. The maximum atomic E-state index is 13.2. The van der Waals surface area contributed by atoms with Crippen LogP contribution in [-0.2, 0) is 18.5 Å². The predicted octanol–water partition coefficient (Wildman–Crippen LogP) is 10.4. The van der Waals surface area contributed by atoms with Crippen molar-refractivity contribution in [3.05, 3.63) is 148 Å². The van der Waals surface area contributed by atoms with Crippen LogP contribution in [0.1, 0.15) is 38.9 Å². The normalized spacial score (nSPS) is 12.5. The van der Waals surface area contributed by atoms with Gasteiger partial charge in [-0.2, -0.15) is 39.5 Å². The first-order valence-corrected chi connectivity index (χ1v) is 11.7. The Morgan fingerprint density at radius 1 is 0.425 bits per heavy atom. The summed E-state index contributed by atoms with van der Waals surface area (Å²) in [4.78, 5) is 0. The summed E-state index contributed by atoms with van der Waals surface area (Å²) in [7, 11) is 0. The average molecular weight is 562 g/mol. The van der Waals surface area contributed by atoms with Crippen molar-refractivity contribution < 1.29 is 39.5 Å². The van der Waals surface area contributed by atoms with Crippen LogP contribution < -0.4 is 0 Å². The number of benzene rings is 4. The molecule has 4 aromatic carbocycles. The lowest BCUT2D eigenvalue weighted by Gasteiger charge is -2.17. The van der Waals surface area contributed by atoms with E-state index >= 15 is 0 Å². The second-order valence-electron chi connectivity index (χ2n) is 8.76. The van der Waals surface area contributed by atoms with Gasteiger partial charge >= 0.3 is 18.5 Å². The van der Waals surface area contributed by atoms with Crippen LogP contribution in [0.5, 0.6) is 0 Å². The number of allylic oxidation sites excluding steroid dienone is 2. The highest BCUT2D eigenvalue weighted by atomic mass is 19.4. The van der Waals surface area contributed by atoms with Gasteiger partial charge in [0.2, 0.25) is 0 Å². The topological polar surface area (TPSA) is 0 Å². The molecule has 9 heteroatoms. The van der Waals surface area contributed by atoms with Gasteiger partial charge in [-0.25, -0.2) is 0 Å². The van der Waals surface area contributed by atoms with E-state index in [9.17, 15) is 39.5 Å². The van der Waals surface area contributed by atoms with Gasteiger partial charge in [-0.05, 0) is 69.8 Å². The summed E-state index contributed by atoms with van der Waals surface area (Å²) in [6, 6.07) is 21.0. The Hall–Kier alpha value is -4.27. The first-order chi connectivity index (χ1) is 18.7. The molecule has 0 amide bonds. The monoisotopic (exact) mass is 562 g/mol. The number of hydrogen-bond donors (Lipinski definition) is 0. The summed E-state index contributed by atoms with van der Waals surface area (Å²) >= 11 is 0. The van der Waals surface area contributed by atoms with E-state index in [4.69, 9.17) is 0 Å². The lowest BCUT2D eigenvalue weighted by atomic mass is 9.88. The molecule has 0 saturated heterocycles. The molecule has 0 aromatic heterocycles. The molecule has 0 aliphatic carbocycles. The van der Waals surface area contributed by atoms with Crippen molar-refractivity contribution in [2.24, 2.45) is 0 Å². The van der Waals surface area contributed by atoms with E-state index < -0.39 is 35.2 Å². The van der Waals surface area contributed by atoms with Gasteiger partial charge < -0.3 is 0 Å². The van der Waals surface area contributed by atoms with Crippen molar-refractivity contribution in [2.45, 2.75) is 18.5 Å². The zero-order valence-electron chi connectivity index (χ0n) is 20.4. The first-order valence-electron chi connectivity index (χ1n) is 11.7. The largest absolute Gasteiger partial charge is 0.416 e. The van der Waals surface area contributed by atoms with Crippen LogP contribution in [0.4, 0.5) is 39.5 Å². The van der Waals surface area contributed by atoms with Gasteiger partial charge in [0.15, 0.2) is 0 Å². The fraction of sp³-hybridized carbons (Fsp3) is 0.0968. The molecule has 0 heterocycles. The summed E-state index contributed by atoms with van der Waals surface area (Å²) < 4.78 is 119. The smallest absolute Gasteiger partial charge is 0.166 e. The molecule has 0 spiro atoms.